The van der Waals surface area contributed by atoms with Crippen LogP contribution in [0.2, 0.25) is 0 Å². The number of hydrogen-bond acceptors (Lipinski definition) is 3. The van der Waals surface area contributed by atoms with Gasteiger partial charge >= 0.3 is 5.97 Å². The first kappa shape index (κ1) is 14.0. The minimum absolute atomic E-state index is 0.297. The Morgan fingerprint density at radius 1 is 1.29 bits per heavy atom. The van der Waals surface area contributed by atoms with E-state index in [1.807, 2.05) is 0 Å². The van der Waals surface area contributed by atoms with E-state index in [0.29, 0.717) is 12.5 Å². The highest BCUT2D eigenvalue weighted by atomic mass is 16.4. The van der Waals surface area contributed by atoms with Gasteiger partial charge in [-0.2, -0.15) is 0 Å². The molecule has 1 unspecified atom stereocenters. The molecule has 3 N–H and O–H groups in total. The Hall–Kier alpha value is -1.10. The molecule has 1 fully saturated rings. The summed E-state index contributed by atoms with van der Waals surface area (Å²) >= 11 is 0. The van der Waals surface area contributed by atoms with Crippen LogP contribution in [0.3, 0.4) is 0 Å². The van der Waals surface area contributed by atoms with Crippen molar-refractivity contribution in [2.75, 3.05) is 13.1 Å². The molecule has 0 aromatic heterocycles. The molecule has 1 aliphatic rings. The first-order chi connectivity index (χ1) is 8.09. The van der Waals surface area contributed by atoms with Gasteiger partial charge in [0, 0.05) is 13.5 Å². The number of aliphatic carboxylic acids is 1. The summed E-state index contributed by atoms with van der Waals surface area (Å²) < 4.78 is 0. The predicted octanol–water partition coefficient (Wildman–Crippen LogP) is 0.746. The van der Waals surface area contributed by atoms with Crippen molar-refractivity contribution in [1.29, 1.82) is 0 Å². The molecule has 0 radical (unpaired) electrons. The Bertz CT molecular complexity index is 262. The Balaban J connectivity index is 2.21. The molecule has 0 aromatic rings. The molecular formula is C12H22N2O3. The van der Waals surface area contributed by atoms with Crippen molar-refractivity contribution in [3.8, 4) is 0 Å². The van der Waals surface area contributed by atoms with Gasteiger partial charge in [0.25, 0.3) is 0 Å². The molecule has 1 rings (SSSR count). The second-order valence-corrected chi connectivity index (χ2v) is 4.75. The van der Waals surface area contributed by atoms with Crippen molar-refractivity contribution in [3.63, 3.8) is 0 Å². The highest BCUT2D eigenvalue weighted by molar-refractivity contribution is 5.82. The lowest BCUT2D eigenvalue weighted by atomic mass is 9.89. The Labute approximate surface area is 102 Å². The molecule has 0 aromatic carbocycles. The van der Waals surface area contributed by atoms with Crippen LogP contribution < -0.4 is 10.6 Å². The Morgan fingerprint density at radius 2 is 1.94 bits per heavy atom. The van der Waals surface area contributed by atoms with Crippen LogP contribution in [0.25, 0.3) is 0 Å². The van der Waals surface area contributed by atoms with Crippen LogP contribution in [0.4, 0.5) is 0 Å². The summed E-state index contributed by atoms with van der Waals surface area (Å²) in [4.78, 5) is 21.7. The molecule has 1 aliphatic carbocycles. The molecule has 0 bridgehead atoms. The summed E-state index contributed by atoms with van der Waals surface area (Å²) in [6.45, 7) is 2.48. The number of carboxylic acid groups (broad SMARTS) is 1. The third kappa shape index (κ3) is 5.68. The van der Waals surface area contributed by atoms with E-state index < -0.39 is 12.0 Å². The molecule has 5 heteroatoms. The molecule has 0 aliphatic heterocycles. The SMILES string of the molecule is CC(=O)NC(CNCC1CCCCC1)C(=O)O. The average molecular weight is 242 g/mol. The zero-order valence-electron chi connectivity index (χ0n) is 10.4. The minimum atomic E-state index is -0.989. The largest absolute Gasteiger partial charge is 0.480 e. The molecular weight excluding hydrogens is 220 g/mol. The van der Waals surface area contributed by atoms with Gasteiger partial charge in [-0.3, -0.25) is 4.79 Å². The lowest BCUT2D eigenvalue weighted by molar-refractivity contribution is -0.141. The highest BCUT2D eigenvalue weighted by Crippen LogP contribution is 2.22. The van der Waals surface area contributed by atoms with Crippen molar-refractivity contribution in [3.05, 3.63) is 0 Å². The van der Waals surface area contributed by atoms with Crippen molar-refractivity contribution >= 4 is 11.9 Å². The van der Waals surface area contributed by atoms with Gasteiger partial charge in [-0.15, -0.1) is 0 Å². The standard InChI is InChI=1S/C12H22N2O3/c1-9(15)14-11(12(16)17)8-13-7-10-5-3-2-4-6-10/h10-11,13H,2-8H2,1H3,(H,14,15)(H,16,17). The van der Waals surface area contributed by atoms with E-state index >= 15 is 0 Å². The maximum atomic E-state index is 10.9. The van der Waals surface area contributed by atoms with E-state index in [9.17, 15) is 9.59 Å². The van der Waals surface area contributed by atoms with Crippen LogP contribution in [0.1, 0.15) is 39.0 Å². The number of carboxylic acids is 1. The van der Waals surface area contributed by atoms with E-state index in [0.717, 1.165) is 6.54 Å². The zero-order valence-corrected chi connectivity index (χ0v) is 10.4. The average Bonchev–Trinajstić information content (AvgIpc) is 2.28. The predicted molar refractivity (Wildman–Crippen MR) is 64.7 cm³/mol. The van der Waals surface area contributed by atoms with E-state index in [4.69, 9.17) is 5.11 Å². The summed E-state index contributed by atoms with van der Waals surface area (Å²) in [7, 11) is 0. The van der Waals surface area contributed by atoms with E-state index in [1.54, 1.807) is 0 Å². The number of nitrogens with one attached hydrogen (secondary N) is 2. The number of hydrogen-bond donors (Lipinski definition) is 3. The molecule has 17 heavy (non-hydrogen) atoms. The normalized spacial score (nSPS) is 18.6. The monoisotopic (exact) mass is 242 g/mol. The van der Waals surface area contributed by atoms with Gasteiger partial charge in [-0.05, 0) is 25.3 Å². The van der Waals surface area contributed by atoms with Crippen LogP contribution >= 0.6 is 0 Å². The summed E-state index contributed by atoms with van der Waals surface area (Å²) in [5.74, 6) is -0.635. The molecule has 1 saturated carbocycles. The van der Waals surface area contributed by atoms with E-state index in [1.165, 1.54) is 39.0 Å². The first-order valence-corrected chi connectivity index (χ1v) is 6.30. The Morgan fingerprint density at radius 3 is 2.47 bits per heavy atom. The van der Waals surface area contributed by atoms with Gasteiger partial charge < -0.3 is 15.7 Å². The van der Waals surface area contributed by atoms with Gasteiger partial charge in [0.15, 0.2) is 0 Å². The minimum Gasteiger partial charge on any atom is -0.480 e. The van der Waals surface area contributed by atoms with Gasteiger partial charge in [0.05, 0.1) is 0 Å². The van der Waals surface area contributed by atoms with Crippen molar-refractivity contribution in [2.45, 2.75) is 45.1 Å². The lowest BCUT2D eigenvalue weighted by Crippen LogP contribution is -2.47. The smallest absolute Gasteiger partial charge is 0.327 e. The quantitative estimate of drug-likeness (QED) is 0.642. The molecule has 98 valence electrons. The number of amides is 1. The van der Waals surface area contributed by atoms with Crippen LogP contribution in [-0.4, -0.2) is 36.1 Å². The fourth-order valence-corrected chi connectivity index (χ4v) is 2.27. The van der Waals surface area contributed by atoms with Crippen molar-refractivity contribution in [1.82, 2.24) is 10.6 Å². The van der Waals surface area contributed by atoms with Gasteiger partial charge in [-0.25, -0.2) is 4.79 Å². The topological polar surface area (TPSA) is 78.4 Å². The summed E-state index contributed by atoms with van der Waals surface area (Å²) in [5, 5.41) is 14.5. The third-order valence-corrected chi connectivity index (χ3v) is 3.18. The molecule has 1 atom stereocenters. The van der Waals surface area contributed by atoms with Gasteiger partial charge in [0.1, 0.15) is 6.04 Å². The van der Waals surface area contributed by atoms with Crippen molar-refractivity contribution < 1.29 is 14.7 Å². The highest BCUT2D eigenvalue weighted by Gasteiger charge is 2.19. The zero-order chi connectivity index (χ0) is 12.7. The van der Waals surface area contributed by atoms with Crippen LogP contribution in [0.15, 0.2) is 0 Å². The fourth-order valence-electron chi connectivity index (χ4n) is 2.27. The maximum absolute atomic E-state index is 10.9. The van der Waals surface area contributed by atoms with Crippen LogP contribution in [0, 0.1) is 5.92 Å². The molecule has 1 amide bonds. The van der Waals surface area contributed by atoms with Gasteiger partial charge in [-0.1, -0.05) is 19.3 Å². The third-order valence-electron chi connectivity index (χ3n) is 3.18. The Kier molecular flexibility index (Phi) is 5.97. The lowest BCUT2D eigenvalue weighted by Gasteiger charge is -2.23. The maximum Gasteiger partial charge on any atom is 0.327 e. The molecule has 0 spiro atoms. The number of carbonyl (C=O) groups excluding carboxylic acids is 1. The van der Waals surface area contributed by atoms with Crippen LogP contribution in [-0.2, 0) is 9.59 Å². The van der Waals surface area contributed by atoms with E-state index in [-0.39, 0.29) is 5.91 Å². The summed E-state index contributed by atoms with van der Waals surface area (Å²) in [6.07, 6.45) is 6.33. The molecule has 0 saturated heterocycles. The fraction of sp³-hybridized carbons (Fsp3) is 0.833. The second-order valence-electron chi connectivity index (χ2n) is 4.75. The number of rotatable bonds is 6. The summed E-state index contributed by atoms with van der Waals surface area (Å²) in [6, 6.07) is -0.823. The van der Waals surface area contributed by atoms with Gasteiger partial charge in [0.2, 0.25) is 5.91 Å². The number of carbonyl (C=O) groups is 2. The molecule has 5 nitrogen and oxygen atoms in total. The van der Waals surface area contributed by atoms with Crippen LogP contribution in [0.5, 0.6) is 0 Å². The summed E-state index contributed by atoms with van der Waals surface area (Å²) in [5.41, 5.74) is 0. The van der Waals surface area contributed by atoms with Crippen molar-refractivity contribution in [2.24, 2.45) is 5.92 Å². The second kappa shape index (κ2) is 7.27. The molecule has 0 heterocycles. The van der Waals surface area contributed by atoms with E-state index in [2.05, 4.69) is 10.6 Å². The first-order valence-electron chi connectivity index (χ1n) is 6.30.